The first-order chi connectivity index (χ1) is 7.26. The third-order valence-corrected chi connectivity index (χ3v) is 2.36. The molecule has 1 aromatic heterocycles. The van der Waals surface area contributed by atoms with Crippen LogP contribution >= 0.6 is 0 Å². The number of pyridine rings is 1. The van der Waals surface area contributed by atoms with Gasteiger partial charge in [-0.15, -0.1) is 0 Å². The molecule has 0 spiro atoms. The lowest BCUT2D eigenvalue weighted by Crippen LogP contribution is -2.14. The number of aromatic amines is 1. The van der Waals surface area contributed by atoms with Crippen molar-refractivity contribution in [3.05, 3.63) is 40.2 Å². The zero-order valence-electron chi connectivity index (χ0n) is 8.24. The van der Waals surface area contributed by atoms with Crippen LogP contribution < -0.4 is 10.9 Å². The molecule has 0 aliphatic heterocycles. The van der Waals surface area contributed by atoms with Crippen molar-refractivity contribution in [3.8, 4) is 6.07 Å². The first-order valence-corrected chi connectivity index (χ1v) is 4.61. The molecule has 0 saturated heterocycles. The summed E-state index contributed by atoms with van der Waals surface area (Å²) in [5.41, 5.74) is 1.67. The summed E-state index contributed by atoms with van der Waals surface area (Å²) in [5.74, 6) is 0. The SMILES string of the molecule is C[B]c1ccc2[nH]cc(C#N)c(=O)c2c1. The topological polar surface area (TPSA) is 56.6 Å². The summed E-state index contributed by atoms with van der Waals surface area (Å²) >= 11 is 0. The summed E-state index contributed by atoms with van der Waals surface area (Å²) in [4.78, 5) is 14.7. The quantitative estimate of drug-likeness (QED) is 0.683. The molecule has 1 heterocycles. The Kier molecular flexibility index (Phi) is 2.30. The second-order valence-corrected chi connectivity index (χ2v) is 3.24. The summed E-state index contributed by atoms with van der Waals surface area (Å²) in [5, 5.41) is 9.29. The number of hydrogen-bond acceptors (Lipinski definition) is 2. The molecule has 4 heteroatoms. The smallest absolute Gasteiger partial charge is 0.207 e. The average Bonchev–Trinajstić information content (AvgIpc) is 2.29. The van der Waals surface area contributed by atoms with E-state index in [1.807, 2.05) is 32.3 Å². The number of aromatic nitrogens is 1. The van der Waals surface area contributed by atoms with Gasteiger partial charge < -0.3 is 4.98 Å². The van der Waals surface area contributed by atoms with Gasteiger partial charge in [0.25, 0.3) is 0 Å². The first kappa shape index (κ1) is 9.54. The first-order valence-electron chi connectivity index (χ1n) is 4.61. The van der Waals surface area contributed by atoms with Crippen LogP contribution in [0.4, 0.5) is 0 Å². The van der Waals surface area contributed by atoms with Gasteiger partial charge in [0, 0.05) is 17.1 Å². The van der Waals surface area contributed by atoms with Crippen LogP contribution in [0.2, 0.25) is 6.82 Å². The van der Waals surface area contributed by atoms with E-state index in [0.29, 0.717) is 5.39 Å². The second-order valence-electron chi connectivity index (χ2n) is 3.24. The minimum Gasteiger partial charge on any atom is -0.360 e. The molecule has 1 aromatic carbocycles. The van der Waals surface area contributed by atoms with Crippen molar-refractivity contribution in [1.29, 1.82) is 5.26 Å². The summed E-state index contributed by atoms with van der Waals surface area (Å²) < 4.78 is 0. The highest BCUT2D eigenvalue weighted by atomic mass is 16.1. The third-order valence-electron chi connectivity index (χ3n) is 2.36. The van der Waals surface area contributed by atoms with Crippen molar-refractivity contribution in [1.82, 2.24) is 4.98 Å². The molecule has 0 aliphatic rings. The molecule has 1 N–H and O–H groups in total. The molecular formula is C11H8BN2O. The Morgan fingerprint density at radius 2 is 2.27 bits per heavy atom. The molecule has 0 amide bonds. The minimum atomic E-state index is -0.213. The van der Waals surface area contributed by atoms with Gasteiger partial charge in [0.2, 0.25) is 5.43 Å². The Hall–Kier alpha value is -2.02. The number of benzene rings is 1. The van der Waals surface area contributed by atoms with E-state index < -0.39 is 0 Å². The highest BCUT2D eigenvalue weighted by Gasteiger charge is 2.04. The highest BCUT2D eigenvalue weighted by molar-refractivity contribution is 6.52. The van der Waals surface area contributed by atoms with Crippen LogP contribution in [0.1, 0.15) is 5.56 Å². The standard InChI is InChI=1S/C11H8BN2O/c1-12-8-2-3-10-9(4-8)11(15)7(5-13)6-14-10/h2-4,6H,1H3,(H,14,15). The van der Waals surface area contributed by atoms with E-state index in [1.54, 1.807) is 6.07 Å². The second kappa shape index (κ2) is 3.62. The van der Waals surface area contributed by atoms with Crippen molar-refractivity contribution in [2.75, 3.05) is 0 Å². The van der Waals surface area contributed by atoms with Gasteiger partial charge in [-0.25, -0.2) is 0 Å². The van der Waals surface area contributed by atoms with Gasteiger partial charge in [-0.05, 0) is 6.07 Å². The number of nitriles is 1. The number of nitrogens with zero attached hydrogens (tertiary/aromatic N) is 1. The Balaban J connectivity index is 2.85. The Labute approximate surface area is 87.6 Å². The van der Waals surface area contributed by atoms with Crippen LogP contribution in [-0.2, 0) is 0 Å². The van der Waals surface area contributed by atoms with Crippen LogP contribution in [0.3, 0.4) is 0 Å². The van der Waals surface area contributed by atoms with Crippen molar-refractivity contribution >= 4 is 23.6 Å². The zero-order chi connectivity index (χ0) is 10.8. The number of hydrogen-bond donors (Lipinski definition) is 1. The monoisotopic (exact) mass is 195 g/mol. The zero-order valence-corrected chi connectivity index (χ0v) is 8.24. The molecular weight excluding hydrogens is 187 g/mol. The Bertz CT molecular complexity index is 610. The molecule has 1 radical (unpaired) electrons. The van der Waals surface area contributed by atoms with Gasteiger partial charge in [0.05, 0.1) is 0 Å². The molecule has 15 heavy (non-hydrogen) atoms. The van der Waals surface area contributed by atoms with Gasteiger partial charge in [0.15, 0.2) is 0 Å². The molecule has 2 aromatic rings. The summed E-state index contributed by atoms with van der Waals surface area (Å²) in [7, 11) is 1.91. The predicted octanol–water partition coefficient (Wildman–Crippen LogP) is 0.777. The van der Waals surface area contributed by atoms with E-state index in [-0.39, 0.29) is 11.0 Å². The normalized spacial score (nSPS) is 9.87. The lowest BCUT2D eigenvalue weighted by atomic mass is 9.73. The fourth-order valence-corrected chi connectivity index (χ4v) is 1.50. The largest absolute Gasteiger partial charge is 0.360 e. The fourth-order valence-electron chi connectivity index (χ4n) is 1.50. The van der Waals surface area contributed by atoms with Crippen LogP contribution in [0.25, 0.3) is 10.9 Å². The fraction of sp³-hybridized carbons (Fsp3) is 0.0909. The molecule has 0 saturated carbocycles. The van der Waals surface area contributed by atoms with Crippen LogP contribution in [0, 0.1) is 11.3 Å². The van der Waals surface area contributed by atoms with Gasteiger partial charge >= 0.3 is 0 Å². The molecule has 0 atom stereocenters. The maximum absolute atomic E-state index is 11.8. The van der Waals surface area contributed by atoms with E-state index in [1.165, 1.54) is 6.20 Å². The summed E-state index contributed by atoms with van der Waals surface area (Å²) in [6, 6.07) is 7.42. The molecule has 2 rings (SSSR count). The van der Waals surface area contributed by atoms with E-state index in [2.05, 4.69) is 4.98 Å². The molecule has 0 unspecified atom stereocenters. The van der Waals surface area contributed by atoms with Gasteiger partial charge in [-0.2, -0.15) is 5.26 Å². The predicted molar refractivity (Wildman–Crippen MR) is 60.5 cm³/mol. The maximum Gasteiger partial charge on any atom is 0.207 e. The molecule has 3 nitrogen and oxygen atoms in total. The number of fused-ring (bicyclic) bond motifs is 1. The van der Waals surface area contributed by atoms with Gasteiger partial charge in [-0.3, -0.25) is 4.79 Å². The third kappa shape index (κ3) is 1.53. The van der Waals surface area contributed by atoms with Crippen LogP contribution in [0.5, 0.6) is 0 Å². The Morgan fingerprint density at radius 3 is 2.93 bits per heavy atom. The lowest BCUT2D eigenvalue weighted by Gasteiger charge is -2.00. The maximum atomic E-state index is 11.8. The summed E-state index contributed by atoms with van der Waals surface area (Å²) in [6.45, 7) is 1.91. The molecule has 71 valence electrons. The van der Waals surface area contributed by atoms with Crippen molar-refractivity contribution < 1.29 is 0 Å². The Morgan fingerprint density at radius 1 is 1.47 bits per heavy atom. The van der Waals surface area contributed by atoms with E-state index in [9.17, 15) is 4.79 Å². The molecule has 0 bridgehead atoms. The summed E-state index contributed by atoms with van der Waals surface area (Å²) in [6.07, 6.45) is 1.44. The lowest BCUT2D eigenvalue weighted by molar-refractivity contribution is 1.35. The van der Waals surface area contributed by atoms with E-state index in [4.69, 9.17) is 5.26 Å². The van der Waals surface area contributed by atoms with Crippen LogP contribution in [0.15, 0.2) is 29.2 Å². The van der Waals surface area contributed by atoms with Crippen LogP contribution in [-0.4, -0.2) is 12.3 Å². The van der Waals surface area contributed by atoms with Gasteiger partial charge in [0.1, 0.15) is 18.9 Å². The minimum absolute atomic E-state index is 0.149. The van der Waals surface area contributed by atoms with E-state index >= 15 is 0 Å². The highest BCUT2D eigenvalue weighted by Crippen LogP contribution is 2.05. The van der Waals surface area contributed by atoms with Gasteiger partial charge in [-0.1, -0.05) is 24.4 Å². The average molecular weight is 195 g/mol. The number of rotatable bonds is 1. The van der Waals surface area contributed by atoms with Crippen molar-refractivity contribution in [2.45, 2.75) is 6.82 Å². The molecule has 0 aliphatic carbocycles. The molecule has 0 fully saturated rings. The van der Waals surface area contributed by atoms with Crippen molar-refractivity contribution in [3.63, 3.8) is 0 Å². The van der Waals surface area contributed by atoms with E-state index in [0.717, 1.165) is 11.0 Å². The number of nitrogens with one attached hydrogen (secondary N) is 1. The number of H-pyrrole nitrogens is 1. The van der Waals surface area contributed by atoms with Crippen molar-refractivity contribution in [2.24, 2.45) is 0 Å².